The zero-order valence-corrected chi connectivity index (χ0v) is 17.4. The van der Waals surface area contributed by atoms with Crippen LogP contribution in [-0.2, 0) is 10.3 Å². The molecule has 2 fully saturated rings. The van der Waals surface area contributed by atoms with Crippen LogP contribution >= 0.6 is 15.9 Å². The minimum atomic E-state index is -1.31. The van der Waals surface area contributed by atoms with Crippen LogP contribution in [0.2, 0.25) is 0 Å². The van der Waals surface area contributed by atoms with Crippen molar-refractivity contribution in [1.82, 2.24) is 4.90 Å². The van der Waals surface area contributed by atoms with E-state index in [2.05, 4.69) is 26.1 Å². The van der Waals surface area contributed by atoms with Crippen molar-refractivity contribution in [3.05, 3.63) is 68.2 Å². The van der Waals surface area contributed by atoms with E-state index in [1.54, 1.807) is 7.11 Å². The summed E-state index contributed by atoms with van der Waals surface area (Å²) in [5, 5.41) is 15.5. The molecular formula is C21H20BrN3O4. The topological polar surface area (TPSA) is 84.7 Å². The lowest BCUT2D eigenvalue weighted by atomic mass is 9.77. The number of nitro groups is 1. The molecule has 0 radical (unpaired) electrons. The van der Waals surface area contributed by atoms with Gasteiger partial charge >= 0.3 is 0 Å². The summed E-state index contributed by atoms with van der Waals surface area (Å²) in [6.07, 6.45) is 1.71. The molecule has 4 atom stereocenters. The molecule has 2 aromatic carbocycles. The van der Waals surface area contributed by atoms with Crippen LogP contribution in [0.25, 0.3) is 0 Å². The van der Waals surface area contributed by atoms with Gasteiger partial charge in [-0.15, -0.1) is 0 Å². The van der Waals surface area contributed by atoms with Crippen molar-refractivity contribution in [2.75, 3.05) is 19.0 Å². The Morgan fingerprint density at radius 1 is 1.31 bits per heavy atom. The van der Waals surface area contributed by atoms with Crippen LogP contribution in [0, 0.1) is 10.1 Å². The Labute approximate surface area is 176 Å². The number of benzene rings is 2. The molecule has 1 amide bonds. The van der Waals surface area contributed by atoms with Crippen LogP contribution in [0.15, 0.2) is 46.9 Å². The molecule has 0 saturated carbocycles. The van der Waals surface area contributed by atoms with E-state index >= 15 is 0 Å². The van der Waals surface area contributed by atoms with Crippen molar-refractivity contribution in [2.24, 2.45) is 0 Å². The highest BCUT2D eigenvalue weighted by atomic mass is 79.9. The summed E-state index contributed by atoms with van der Waals surface area (Å²) in [7, 11) is 1.57. The Hall–Kier alpha value is -2.45. The highest BCUT2D eigenvalue weighted by Gasteiger charge is 2.73. The first-order valence-electron chi connectivity index (χ1n) is 9.64. The van der Waals surface area contributed by atoms with Gasteiger partial charge < -0.3 is 10.1 Å². The van der Waals surface area contributed by atoms with E-state index in [1.807, 2.05) is 42.5 Å². The lowest BCUT2D eigenvalue weighted by Gasteiger charge is -2.32. The maximum absolute atomic E-state index is 13.4. The number of halogens is 1. The van der Waals surface area contributed by atoms with Crippen LogP contribution < -0.4 is 10.1 Å². The first-order chi connectivity index (χ1) is 14.0. The second kappa shape index (κ2) is 6.53. The minimum absolute atomic E-state index is 0.106. The Kier molecular flexibility index (Phi) is 4.18. The van der Waals surface area contributed by atoms with Gasteiger partial charge in [0.1, 0.15) is 5.75 Å². The fraction of sp³-hybridized carbons (Fsp3) is 0.381. The molecule has 1 spiro atoms. The molecule has 150 valence electrons. The van der Waals surface area contributed by atoms with E-state index in [4.69, 9.17) is 4.74 Å². The molecule has 3 aliphatic rings. The second-order valence-corrected chi connectivity index (χ2v) is 8.73. The third-order valence-corrected chi connectivity index (χ3v) is 7.14. The van der Waals surface area contributed by atoms with E-state index in [-0.39, 0.29) is 16.9 Å². The van der Waals surface area contributed by atoms with Gasteiger partial charge in [0.05, 0.1) is 13.0 Å². The zero-order chi connectivity index (χ0) is 20.3. The Bertz CT molecular complexity index is 1030. The summed E-state index contributed by atoms with van der Waals surface area (Å²) in [4.78, 5) is 27.8. The van der Waals surface area contributed by atoms with Gasteiger partial charge in [0.25, 0.3) is 11.9 Å². The number of nitrogens with zero attached hydrogens (tertiary/aromatic N) is 2. The maximum Gasteiger partial charge on any atom is 0.256 e. The van der Waals surface area contributed by atoms with Crippen molar-refractivity contribution >= 4 is 27.5 Å². The predicted octanol–water partition coefficient (Wildman–Crippen LogP) is 3.51. The van der Waals surface area contributed by atoms with E-state index < -0.39 is 17.5 Å². The average molecular weight is 458 g/mol. The fourth-order valence-electron chi connectivity index (χ4n) is 5.71. The molecular weight excluding hydrogens is 438 g/mol. The van der Waals surface area contributed by atoms with Crippen LogP contribution in [0.3, 0.4) is 0 Å². The molecule has 5 rings (SSSR count). The van der Waals surface area contributed by atoms with E-state index in [1.165, 1.54) is 0 Å². The Morgan fingerprint density at radius 2 is 2.10 bits per heavy atom. The third-order valence-electron chi connectivity index (χ3n) is 6.65. The number of ether oxygens (including phenoxy) is 1. The summed E-state index contributed by atoms with van der Waals surface area (Å²) < 4.78 is 6.40. The smallest absolute Gasteiger partial charge is 0.256 e. The SMILES string of the molecule is COc1ccc(Br)cc1[C@@H]1[C@@H]2CCCN2[C@@]2(C(=O)Nc3ccccc32)[C@@H]1[N+](=O)[O-]. The molecule has 8 heteroatoms. The van der Waals surface area contributed by atoms with Crippen LogP contribution in [0.5, 0.6) is 5.75 Å². The number of fused-ring (bicyclic) bond motifs is 4. The van der Waals surface area contributed by atoms with E-state index in [9.17, 15) is 14.9 Å². The van der Waals surface area contributed by atoms with Crippen LogP contribution in [0.1, 0.15) is 29.9 Å². The Morgan fingerprint density at radius 3 is 2.86 bits per heavy atom. The number of methoxy groups -OCH3 is 1. The number of amides is 1. The van der Waals surface area contributed by atoms with Crippen LogP contribution in [-0.4, -0.2) is 41.5 Å². The average Bonchev–Trinajstić information content (AvgIpc) is 3.35. The minimum Gasteiger partial charge on any atom is -0.496 e. The van der Waals surface area contributed by atoms with Crippen LogP contribution in [0.4, 0.5) is 5.69 Å². The summed E-state index contributed by atoms with van der Waals surface area (Å²) >= 11 is 3.50. The van der Waals surface area contributed by atoms with Crippen molar-refractivity contribution in [3.63, 3.8) is 0 Å². The highest BCUT2D eigenvalue weighted by molar-refractivity contribution is 9.10. The monoisotopic (exact) mass is 457 g/mol. The standard InChI is InChI=1S/C21H20BrN3O4/c1-29-17-9-8-12(22)11-13(17)18-16-7-4-10-24(16)21(19(18)25(27)28)14-5-2-3-6-15(14)23-20(21)26/h2-3,5-6,8-9,11,16,18-19H,4,7,10H2,1H3,(H,23,26)/t16-,18+,19+,21+/m0/s1. The second-order valence-electron chi connectivity index (χ2n) is 7.81. The number of carbonyl (C=O) groups excluding carboxylic acids is 1. The largest absolute Gasteiger partial charge is 0.496 e. The predicted molar refractivity (Wildman–Crippen MR) is 111 cm³/mol. The molecule has 0 bridgehead atoms. The number of hydrogen-bond donors (Lipinski definition) is 1. The molecule has 2 aromatic rings. The number of anilines is 1. The van der Waals surface area contributed by atoms with Gasteiger partial charge in [0.2, 0.25) is 0 Å². The quantitative estimate of drug-likeness (QED) is 0.562. The van der Waals surface area contributed by atoms with Crippen molar-refractivity contribution in [3.8, 4) is 5.75 Å². The van der Waals surface area contributed by atoms with E-state index in [0.29, 0.717) is 23.5 Å². The fourth-order valence-corrected chi connectivity index (χ4v) is 6.09. The number of carbonyl (C=O) groups is 1. The molecule has 3 heterocycles. The first kappa shape index (κ1) is 18.6. The Balaban J connectivity index is 1.78. The lowest BCUT2D eigenvalue weighted by Crippen LogP contribution is -2.55. The molecule has 2 saturated heterocycles. The zero-order valence-electron chi connectivity index (χ0n) is 15.8. The third kappa shape index (κ3) is 2.36. The van der Waals surface area contributed by atoms with Gasteiger partial charge in [0.15, 0.2) is 5.54 Å². The van der Waals surface area contributed by atoms with Gasteiger partial charge in [-0.2, -0.15) is 0 Å². The summed E-state index contributed by atoms with van der Waals surface area (Å²) in [5.41, 5.74) is 0.834. The normalized spacial score (nSPS) is 30.3. The molecule has 0 unspecified atom stereocenters. The first-order valence-corrected chi connectivity index (χ1v) is 10.4. The van der Waals surface area contributed by atoms with Gasteiger partial charge in [-0.3, -0.25) is 19.8 Å². The summed E-state index contributed by atoms with van der Waals surface area (Å²) in [6.45, 7) is 0.656. The van der Waals surface area contributed by atoms with Crippen molar-refractivity contribution in [2.45, 2.75) is 36.4 Å². The van der Waals surface area contributed by atoms with Crippen molar-refractivity contribution in [1.29, 1.82) is 0 Å². The summed E-state index contributed by atoms with van der Waals surface area (Å²) in [6, 6.07) is 11.7. The molecule has 7 nitrogen and oxygen atoms in total. The van der Waals surface area contributed by atoms with Gasteiger partial charge in [0, 0.05) is 38.8 Å². The summed E-state index contributed by atoms with van der Waals surface area (Å²) in [5.74, 6) is -0.152. The number of rotatable bonds is 3. The molecule has 1 N–H and O–H groups in total. The molecule has 0 aliphatic carbocycles. The number of nitrogens with one attached hydrogen (secondary N) is 1. The van der Waals surface area contributed by atoms with Crippen molar-refractivity contribution < 1.29 is 14.5 Å². The number of para-hydroxylation sites is 1. The van der Waals surface area contributed by atoms with Gasteiger partial charge in [-0.1, -0.05) is 34.1 Å². The lowest BCUT2D eigenvalue weighted by molar-refractivity contribution is -0.534. The molecule has 29 heavy (non-hydrogen) atoms. The van der Waals surface area contributed by atoms with Gasteiger partial charge in [-0.25, -0.2) is 0 Å². The molecule has 3 aliphatic heterocycles. The molecule has 0 aromatic heterocycles. The maximum atomic E-state index is 13.4. The number of hydrogen-bond acceptors (Lipinski definition) is 5. The van der Waals surface area contributed by atoms with Gasteiger partial charge in [-0.05, 0) is 37.1 Å². The van der Waals surface area contributed by atoms with E-state index in [0.717, 1.165) is 22.9 Å². The highest BCUT2D eigenvalue weighted by Crippen LogP contribution is 2.59.